The van der Waals surface area contributed by atoms with Gasteiger partial charge in [-0.1, -0.05) is 24.3 Å². The molecule has 0 spiro atoms. The molecule has 0 atom stereocenters. The van der Waals surface area contributed by atoms with Crippen molar-refractivity contribution in [1.29, 1.82) is 0 Å². The third kappa shape index (κ3) is 3.57. The second-order valence-corrected chi connectivity index (χ2v) is 9.57. The first-order valence-corrected chi connectivity index (χ1v) is 12.1. The quantitative estimate of drug-likeness (QED) is 0.625. The highest BCUT2D eigenvalue weighted by Crippen LogP contribution is 2.45. The zero-order valence-corrected chi connectivity index (χ0v) is 19.1. The summed E-state index contributed by atoms with van der Waals surface area (Å²) < 4.78 is 8.12. The summed E-state index contributed by atoms with van der Waals surface area (Å²) in [6, 6.07) is 9.20. The van der Waals surface area contributed by atoms with Crippen molar-refractivity contribution >= 4 is 17.0 Å². The van der Waals surface area contributed by atoms with Crippen LogP contribution in [0.1, 0.15) is 49.0 Å². The minimum Gasteiger partial charge on any atom is -0.381 e. The normalized spacial score (nSPS) is 20.9. The molecule has 0 radical (unpaired) electrons. The molecule has 32 heavy (non-hydrogen) atoms. The number of likely N-dealkylation sites (N-methyl/N-ethyl adjacent to an activating group) is 1. The number of rotatable bonds is 4. The molecule has 3 aliphatic rings. The first-order valence-electron chi connectivity index (χ1n) is 12.1. The molecular weight excluding hydrogens is 400 g/mol. The zero-order valence-electron chi connectivity index (χ0n) is 19.1. The van der Waals surface area contributed by atoms with Crippen LogP contribution in [0.3, 0.4) is 0 Å². The number of fused-ring (bicyclic) bond motifs is 1. The second-order valence-electron chi connectivity index (χ2n) is 9.57. The Morgan fingerprint density at radius 3 is 2.41 bits per heavy atom. The van der Waals surface area contributed by atoms with Crippen molar-refractivity contribution in [2.75, 3.05) is 51.3 Å². The smallest absolute Gasteiger partial charge is 0.166 e. The largest absolute Gasteiger partial charge is 0.381 e. The first kappa shape index (κ1) is 20.1. The molecule has 7 nitrogen and oxygen atoms in total. The number of piperazine rings is 1. The van der Waals surface area contributed by atoms with Gasteiger partial charge in [0.1, 0.15) is 11.6 Å². The number of benzene rings is 1. The van der Waals surface area contributed by atoms with Crippen molar-refractivity contribution < 1.29 is 4.74 Å². The number of imidazole rings is 1. The summed E-state index contributed by atoms with van der Waals surface area (Å²) in [5, 5.41) is 0. The molecule has 168 valence electrons. The molecule has 1 saturated carbocycles. The van der Waals surface area contributed by atoms with Crippen molar-refractivity contribution in [2.24, 2.45) is 0 Å². The molecule has 3 aromatic rings. The third-order valence-corrected chi connectivity index (χ3v) is 7.21. The number of nitrogens with zero attached hydrogens (tertiary/aromatic N) is 6. The zero-order chi connectivity index (χ0) is 21.7. The van der Waals surface area contributed by atoms with Crippen molar-refractivity contribution in [3.05, 3.63) is 35.7 Å². The standard InChI is InChI=1S/C25H32N6O/c1-17-26-24(30-13-11-29(2)12-14-30)22-25(27-17)31(19-9-15-32-16-10-19)23(28-22)21-6-4-3-5-20(21)18-7-8-18/h3-6,18-19H,7-16H2,1-2H3. The Kier molecular flexibility index (Phi) is 5.11. The molecule has 0 amide bonds. The lowest BCUT2D eigenvalue weighted by Crippen LogP contribution is -2.45. The fraction of sp³-hybridized carbons (Fsp3) is 0.560. The second kappa shape index (κ2) is 8.12. The van der Waals surface area contributed by atoms with E-state index in [1.807, 2.05) is 6.92 Å². The molecular formula is C25H32N6O. The van der Waals surface area contributed by atoms with E-state index in [1.165, 1.54) is 24.0 Å². The summed E-state index contributed by atoms with van der Waals surface area (Å²) in [4.78, 5) is 20.0. The summed E-state index contributed by atoms with van der Waals surface area (Å²) in [7, 11) is 2.19. The molecule has 1 aromatic carbocycles. The topological polar surface area (TPSA) is 59.3 Å². The van der Waals surface area contributed by atoms with E-state index in [9.17, 15) is 0 Å². The van der Waals surface area contributed by atoms with Crippen molar-refractivity contribution in [2.45, 2.75) is 44.6 Å². The van der Waals surface area contributed by atoms with Crippen LogP contribution in [0, 0.1) is 6.92 Å². The Hall–Kier alpha value is -2.51. The molecule has 6 rings (SSSR count). The molecule has 0 bridgehead atoms. The maximum absolute atomic E-state index is 5.70. The fourth-order valence-corrected chi connectivity index (χ4v) is 5.23. The lowest BCUT2D eigenvalue weighted by Gasteiger charge is -2.33. The maximum Gasteiger partial charge on any atom is 0.166 e. The van der Waals surface area contributed by atoms with Crippen LogP contribution in [0.2, 0.25) is 0 Å². The monoisotopic (exact) mass is 432 g/mol. The number of aryl methyl sites for hydroxylation is 1. The number of anilines is 1. The molecule has 2 aromatic heterocycles. The highest BCUT2D eigenvalue weighted by molar-refractivity contribution is 5.88. The van der Waals surface area contributed by atoms with Crippen LogP contribution >= 0.6 is 0 Å². The molecule has 0 unspecified atom stereocenters. The third-order valence-electron chi connectivity index (χ3n) is 7.21. The van der Waals surface area contributed by atoms with E-state index >= 15 is 0 Å². The van der Waals surface area contributed by atoms with E-state index in [1.54, 1.807) is 0 Å². The lowest BCUT2D eigenvalue weighted by atomic mass is 10.0. The number of ether oxygens (including phenoxy) is 1. The maximum atomic E-state index is 5.70. The molecule has 2 saturated heterocycles. The molecule has 2 aliphatic heterocycles. The van der Waals surface area contributed by atoms with Crippen LogP contribution < -0.4 is 4.90 Å². The Morgan fingerprint density at radius 1 is 0.906 bits per heavy atom. The van der Waals surface area contributed by atoms with Gasteiger partial charge in [0.25, 0.3) is 0 Å². The fourth-order valence-electron chi connectivity index (χ4n) is 5.23. The Bertz CT molecular complexity index is 1120. The Balaban J connectivity index is 1.56. The summed E-state index contributed by atoms with van der Waals surface area (Å²) in [5.41, 5.74) is 4.63. The summed E-state index contributed by atoms with van der Waals surface area (Å²) >= 11 is 0. The van der Waals surface area contributed by atoms with E-state index in [0.717, 1.165) is 80.9 Å². The molecule has 1 aliphatic carbocycles. The summed E-state index contributed by atoms with van der Waals surface area (Å²) in [6.45, 7) is 7.64. The number of hydrogen-bond donors (Lipinski definition) is 0. The van der Waals surface area contributed by atoms with E-state index < -0.39 is 0 Å². The van der Waals surface area contributed by atoms with Gasteiger partial charge in [0.2, 0.25) is 0 Å². The van der Waals surface area contributed by atoms with Gasteiger partial charge in [-0.05, 0) is 51.1 Å². The highest BCUT2D eigenvalue weighted by Gasteiger charge is 2.31. The van der Waals surface area contributed by atoms with Crippen LogP contribution in [0.25, 0.3) is 22.6 Å². The van der Waals surface area contributed by atoms with Gasteiger partial charge in [0.15, 0.2) is 17.0 Å². The van der Waals surface area contributed by atoms with Crippen molar-refractivity contribution in [3.8, 4) is 11.4 Å². The van der Waals surface area contributed by atoms with E-state index in [4.69, 9.17) is 19.7 Å². The Morgan fingerprint density at radius 2 is 1.66 bits per heavy atom. The van der Waals surface area contributed by atoms with Gasteiger partial charge in [-0.2, -0.15) is 0 Å². The van der Waals surface area contributed by atoms with Gasteiger partial charge in [0.05, 0.1) is 0 Å². The van der Waals surface area contributed by atoms with Crippen LogP contribution in [-0.4, -0.2) is 70.9 Å². The average Bonchev–Trinajstić information content (AvgIpc) is 3.60. The van der Waals surface area contributed by atoms with E-state index in [0.29, 0.717) is 12.0 Å². The molecule has 0 N–H and O–H groups in total. The molecule has 4 heterocycles. The SMILES string of the molecule is Cc1nc(N2CCN(C)CC2)c2nc(-c3ccccc3C3CC3)n(C3CCOCC3)c2n1. The Labute approximate surface area is 189 Å². The predicted molar refractivity (Wildman–Crippen MR) is 126 cm³/mol. The summed E-state index contributed by atoms with van der Waals surface area (Å²) in [6.07, 6.45) is 4.55. The minimum atomic E-state index is 0.352. The van der Waals surface area contributed by atoms with Gasteiger partial charge in [-0.15, -0.1) is 0 Å². The first-order chi connectivity index (χ1) is 15.7. The van der Waals surface area contributed by atoms with Crippen LogP contribution in [0.4, 0.5) is 5.82 Å². The van der Waals surface area contributed by atoms with E-state index in [2.05, 4.69) is 45.7 Å². The van der Waals surface area contributed by atoms with Gasteiger partial charge in [0, 0.05) is 51.0 Å². The average molecular weight is 433 g/mol. The van der Waals surface area contributed by atoms with Gasteiger partial charge < -0.3 is 19.1 Å². The van der Waals surface area contributed by atoms with Gasteiger partial charge in [-0.3, -0.25) is 0 Å². The highest BCUT2D eigenvalue weighted by atomic mass is 16.5. The summed E-state index contributed by atoms with van der Waals surface area (Å²) in [5.74, 6) is 3.54. The van der Waals surface area contributed by atoms with Crippen molar-refractivity contribution in [1.82, 2.24) is 24.4 Å². The number of aromatic nitrogens is 4. The van der Waals surface area contributed by atoms with Crippen LogP contribution in [-0.2, 0) is 4.74 Å². The van der Waals surface area contributed by atoms with Gasteiger partial charge >= 0.3 is 0 Å². The predicted octanol–water partition coefficient (Wildman–Crippen LogP) is 3.78. The van der Waals surface area contributed by atoms with Crippen LogP contribution in [0.15, 0.2) is 24.3 Å². The molecule has 7 heteroatoms. The minimum absolute atomic E-state index is 0.352. The van der Waals surface area contributed by atoms with Crippen molar-refractivity contribution in [3.63, 3.8) is 0 Å². The van der Waals surface area contributed by atoms with E-state index in [-0.39, 0.29) is 0 Å². The molecule has 3 fully saturated rings. The van der Waals surface area contributed by atoms with Crippen LogP contribution in [0.5, 0.6) is 0 Å². The number of hydrogen-bond acceptors (Lipinski definition) is 6. The van der Waals surface area contributed by atoms with Gasteiger partial charge in [-0.25, -0.2) is 15.0 Å². The lowest BCUT2D eigenvalue weighted by molar-refractivity contribution is 0.0708.